The van der Waals surface area contributed by atoms with E-state index in [9.17, 15) is 14.4 Å². The molecule has 2 aromatic carbocycles. The van der Waals surface area contributed by atoms with Gasteiger partial charge in [0.25, 0.3) is 0 Å². The molecule has 0 aromatic heterocycles. The summed E-state index contributed by atoms with van der Waals surface area (Å²) in [6, 6.07) is 12.2. The summed E-state index contributed by atoms with van der Waals surface area (Å²) >= 11 is 0. The number of hydrogen-bond acceptors (Lipinski definition) is 6. The molecule has 1 aliphatic heterocycles. The van der Waals surface area contributed by atoms with Crippen molar-refractivity contribution in [2.24, 2.45) is 0 Å². The molecule has 1 amide bonds. The number of rotatable bonds is 9. The zero-order valence-corrected chi connectivity index (χ0v) is 19.4. The van der Waals surface area contributed by atoms with Crippen molar-refractivity contribution in [2.45, 2.75) is 58.6 Å². The van der Waals surface area contributed by atoms with E-state index in [1.807, 2.05) is 31.2 Å². The normalized spacial score (nSPS) is 13.7. The first-order valence-corrected chi connectivity index (χ1v) is 11.3. The second-order valence-corrected chi connectivity index (χ2v) is 8.41. The van der Waals surface area contributed by atoms with Crippen molar-refractivity contribution < 1.29 is 28.6 Å². The highest BCUT2D eigenvalue weighted by molar-refractivity contribution is 5.98. The molecule has 7 heteroatoms. The van der Waals surface area contributed by atoms with Crippen molar-refractivity contribution in [3.63, 3.8) is 0 Å². The van der Waals surface area contributed by atoms with E-state index >= 15 is 0 Å². The van der Waals surface area contributed by atoms with Crippen LogP contribution in [0.25, 0.3) is 0 Å². The van der Waals surface area contributed by atoms with E-state index < -0.39 is 6.04 Å². The molecule has 0 radical (unpaired) electrons. The molecule has 2 aromatic rings. The van der Waals surface area contributed by atoms with E-state index in [2.05, 4.69) is 5.32 Å². The number of benzene rings is 2. The van der Waals surface area contributed by atoms with Crippen LogP contribution in [-0.2, 0) is 14.3 Å². The highest BCUT2D eigenvalue weighted by Gasteiger charge is 2.21. The zero-order valence-electron chi connectivity index (χ0n) is 19.4. The highest BCUT2D eigenvalue weighted by atomic mass is 16.5. The minimum atomic E-state index is -0.530. The number of Topliss-reactive ketones (excluding diaryl/α,β-unsaturated/α-hetero) is 1. The molecule has 0 aliphatic carbocycles. The Labute approximate surface area is 194 Å². The first kappa shape index (κ1) is 24.3. The minimum absolute atomic E-state index is 0.00879. The van der Waals surface area contributed by atoms with E-state index in [0.29, 0.717) is 30.3 Å². The molecule has 1 unspecified atom stereocenters. The van der Waals surface area contributed by atoms with Gasteiger partial charge in [-0.1, -0.05) is 29.8 Å². The summed E-state index contributed by atoms with van der Waals surface area (Å²) in [5.41, 5.74) is 2.36. The minimum Gasteiger partial charge on any atom is -0.490 e. The van der Waals surface area contributed by atoms with Crippen LogP contribution in [0.15, 0.2) is 42.5 Å². The maximum atomic E-state index is 12.7. The van der Waals surface area contributed by atoms with Crippen molar-refractivity contribution in [2.75, 3.05) is 13.2 Å². The zero-order chi connectivity index (χ0) is 23.8. The Hall–Kier alpha value is -3.35. The average Bonchev–Trinajstić information content (AvgIpc) is 3.02. The molecule has 0 bridgehead atoms. The number of amides is 1. The summed E-state index contributed by atoms with van der Waals surface area (Å²) < 4.78 is 16.5. The first-order chi connectivity index (χ1) is 15.8. The molecule has 0 fully saturated rings. The van der Waals surface area contributed by atoms with Crippen LogP contribution in [0.2, 0.25) is 0 Å². The summed E-state index contributed by atoms with van der Waals surface area (Å²) in [6.45, 7) is 6.64. The number of carbonyl (C=O) groups excluding carboxylic acids is 3. The lowest BCUT2D eigenvalue weighted by Crippen LogP contribution is -2.31. The molecule has 1 atom stereocenters. The second-order valence-electron chi connectivity index (χ2n) is 8.41. The number of aryl methyl sites for hydroxylation is 1. The standard InChI is InChI=1S/C26H31NO6/c1-17(2)33-26(30)16-21(19-7-5-18(3)6-8-19)27-25(29)12-10-22(28)20-9-11-23-24(15-20)32-14-4-13-31-23/h5-9,11,15,17,21H,4,10,12-14,16H2,1-3H3,(H,27,29). The Morgan fingerprint density at radius 3 is 2.36 bits per heavy atom. The molecule has 176 valence electrons. The fourth-order valence-electron chi connectivity index (χ4n) is 3.50. The van der Waals surface area contributed by atoms with Crippen LogP contribution in [0.3, 0.4) is 0 Å². The summed E-state index contributed by atoms with van der Waals surface area (Å²) in [5.74, 6) is 0.314. The van der Waals surface area contributed by atoms with E-state index in [1.165, 1.54) is 0 Å². The number of nitrogens with one attached hydrogen (secondary N) is 1. The summed E-state index contributed by atoms with van der Waals surface area (Å²) in [6.07, 6.45) is 0.616. The molecule has 0 saturated heterocycles. The molecule has 1 aliphatic rings. The topological polar surface area (TPSA) is 90.9 Å². The predicted octanol–water partition coefficient (Wildman–Crippen LogP) is 4.32. The number of carbonyl (C=O) groups is 3. The van der Waals surface area contributed by atoms with Gasteiger partial charge in [-0.15, -0.1) is 0 Å². The van der Waals surface area contributed by atoms with Crippen LogP contribution in [-0.4, -0.2) is 37.0 Å². The highest BCUT2D eigenvalue weighted by Crippen LogP contribution is 2.31. The largest absolute Gasteiger partial charge is 0.490 e. The van der Waals surface area contributed by atoms with Crippen LogP contribution >= 0.6 is 0 Å². The van der Waals surface area contributed by atoms with Crippen molar-refractivity contribution in [1.29, 1.82) is 0 Å². The third kappa shape index (κ3) is 7.34. The van der Waals surface area contributed by atoms with E-state index in [4.69, 9.17) is 14.2 Å². The summed E-state index contributed by atoms with van der Waals surface area (Å²) in [4.78, 5) is 37.5. The lowest BCUT2D eigenvalue weighted by Gasteiger charge is -2.19. The van der Waals surface area contributed by atoms with Crippen LogP contribution in [0.5, 0.6) is 11.5 Å². The SMILES string of the molecule is Cc1ccc(C(CC(=O)OC(C)C)NC(=O)CCC(=O)c2ccc3c(c2)OCCCO3)cc1. The quantitative estimate of drug-likeness (QED) is 0.449. The number of ether oxygens (including phenoxy) is 3. The van der Waals surface area contributed by atoms with Gasteiger partial charge < -0.3 is 19.5 Å². The molecule has 7 nitrogen and oxygen atoms in total. The molecular formula is C26H31NO6. The van der Waals surface area contributed by atoms with Gasteiger partial charge in [0.05, 0.1) is 31.8 Å². The second kappa shape index (κ2) is 11.5. The Morgan fingerprint density at radius 1 is 0.970 bits per heavy atom. The van der Waals surface area contributed by atoms with Crippen LogP contribution in [0.1, 0.15) is 67.1 Å². The van der Waals surface area contributed by atoms with Crippen molar-refractivity contribution in [3.05, 3.63) is 59.2 Å². The molecule has 33 heavy (non-hydrogen) atoms. The summed E-state index contributed by atoms with van der Waals surface area (Å²) in [7, 11) is 0. The van der Waals surface area contributed by atoms with Gasteiger partial charge in [0.15, 0.2) is 17.3 Å². The molecule has 1 heterocycles. The monoisotopic (exact) mass is 453 g/mol. The Morgan fingerprint density at radius 2 is 1.67 bits per heavy atom. The first-order valence-electron chi connectivity index (χ1n) is 11.3. The van der Waals surface area contributed by atoms with Gasteiger partial charge in [0.2, 0.25) is 5.91 Å². The Balaban J connectivity index is 1.61. The van der Waals surface area contributed by atoms with Gasteiger partial charge in [0, 0.05) is 24.8 Å². The summed E-state index contributed by atoms with van der Waals surface area (Å²) in [5, 5.41) is 2.89. The smallest absolute Gasteiger partial charge is 0.308 e. The van der Waals surface area contributed by atoms with E-state index in [-0.39, 0.29) is 43.0 Å². The van der Waals surface area contributed by atoms with Gasteiger partial charge in [-0.05, 0) is 44.5 Å². The number of esters is 1. The van der Waals surface area contributed by atoms with E-state index in [0.717, 1.165) is 17.5 Å². The van der Waals surface area contributed by atoms with Crippen LogP contribution < -0.4 is 14.8 Å². The molecule has 0 spiro atoms. The third-order valence-electron chi connectivity index (χ3n) is 5.20. The number of ketones is 1. The fraction of sp³-hybridized carbons (Fsp3) is 0.423. The van der Waals surface area contributed by atoms with Gasteiger partial charge in [0.1, 0.15) is 0 Å². The Bertz CT molecular complexity index is 983. The molecular weight excluding hydrogens is 422 g/mol. The predicted molar refractivity (Wildman–Crippen MR) is 124 cm³/mol. The Kier molecular flexibility index (Phi) is 8.46. The number of fused-ring (bicyclic) bond motifs is 1. The van der Waals surface area contributed by atoms with Crippen LogP contribution in [0, 0.1) is 6.92 Å². The van der Waals surface area contributed by atoms with E-state index in [1.54, 1.807) is 32.0 Å². The van der Waals surface area contributed by atoms with Gasteiger partial charge >= 0.3 is 5.97 Å². The average molecular weight is 454 g/mol. The molecule has 0 saturated carbocycles. The van der Waals surface area contributed by atoms with Crippen molar-refractivity contribution >= 4 is 17.7 Å². The molecule has 3 rings (SSSR count). The van der Waals surface area contributed by atoms with Gasteiger partial charge in [-0.3, -0.25) is 14.4 Å². The molecule has 1 N–H and O–H groups in total. The maximum absolute atomic E-state index is 12.7. The number of hydrogen-bond donors (Lipinski definition) is 1. The van der Waals surface area contributed by atoms with Crippen LogP contribution in [0.4, 0.5) is 0 Å². The lowest BCUT2D eigenvalue weighted by molar-refractivity contribution is -0.148. The van der Waals surface area contributed by atoms with Crippen molar-refractivity contribution in [3.8, 4) is 11.5 Å². The van der Waals surface area contributed by atoms with Gasteiger partial charge in [-0.25, -0.2) is 0 Å². The third-order valence-corrected chi connectivity index (χ3v) is 5.20. The lowest BCUT2D eigenvalue weighted by atomic mass is 10.0. The maximum Gasteiger partial charge on any atom is 0.308 e. The fourth-order valence-corrected chi connectivity index (χ4v) is 3.50. The van der Waals surface area contributed by atoms with Gasteiger partial charge in [-0.2, -0.15) is 0 Å². The van der Waals surface area contributed by atoms with Crippen molar-refractivity contribution in [1.82, 2.24) is 5.32 Å².